The van der Waals surface area contributed by atoms with E-state index in [0.29, 0.717) is 61.8 Å². The molecule has 0 aliphatic rings. The average molecular weight is 2210 g/mol. The highest BCUT2D eigenvalue weighted by atomic mass is 127. The third-order valence-corrected chi connectivity index (χ3v) is 21.8. The van der Waals surface area contributed by atoms with E-state index in [2.05, 4.69) is 166 Å². The minimum atomic E-state index is -0.339. The second kappa shape index (κ2) is 49.2. The van der Waals surface area contributed by atoms with Gasteiger partial charge < -0.3 is 0 Å². The van der Waals surface area contributed by atoms with E-state index >= 15 is 0 Å². The number of carbonyl (C=O) groups excluding carboxylic acids is 10. The first-order chi connectivity index (χ1) is 68.4. The van der Waals surface area contributed by atoms with E-state index in [1.807, 2.05) is 256 Å². The molecule has 13 aromatic carbocycles. The summed E-state index contributed by atoms with van der Waals surface area (Å²) in [6.45, 7) is 4.60. The first-order valence-electron chi connectivity index (χ1n) is 43.1. The van der Waals surface area contributed by atoms with Gasteiger partial charge in [0.1, 0.15) is 0 Å². The Labute approximate surface area is 849 Å². The van der Waals surface area contributed by atoms with Crippen LogP contribution in [-0.2, 0) is 20.8 Å². The van der Waals surface area contributed by atoms with Gasteiger partial charge in [-0.15, -0.1) is 25.5 Å². The molecule has 702 valence electrons. The van der Waals surface area contributed by atoms with Gasteiger partial charge in [-0.25, -0.2) is 0 Å². The van der Waals surface area contributed by atoms with Crippen LogP contribution in [0.25, 0.3) is 34.5 Å². The minimum Gasteiger partial charge on any atom is -0.295 e. The highest BCUT2D eigenvalue weighted by molar-refractivity contribution is 14.1. The lowest BCUT2D eigenvalue weighted by atomic mass is 10.1. The molecule has 0 aliphatic carbocycles. The molecule has 34 nitrogen and oxygen atoms in total. The molecule has 5 heterocycles. The monoisotopic (exact) mass is 2210 g/mol. The summed E-state index contributed by atoms with van der Waals surface area (Å²) in [6, 6.07) is 111. The maximum Gasteiger partial charge on any atom is 0.258 e. The zero-order valence-corrected chi connectivity index (χ0v) is 81.5. The fourth-order valence-electron chi connectivity index (χ4n) is 13.0. The molecule has 0 saturated carbocycles. The Bertz CT molecular complexity index is 7430. The van der Waals surface area contributed by atoms with Crippen LogP contribution in [0, 0.1) is 17.6 Å². The molecule has 0 saturated heterocycles. The van der Waals surface area contributed by atoms with Gasteiger partial charge in [-0.2, -0.15) is 48.3 Å². The Morgan fingerprint density at radius 3 is 0.894 bits per heavy atom. The van der Waals surface area contributed by atoms with Crippen LogP contribution in [0.1, 0.15) is 105 Å². The van der Waals surface area contributed by atoms with Crippen molar-refractivity contribution in [3.63, 3.8) is 0 Å². The summed E-state index contributed by atoms with van der Waals surface area (Å²) in [5.74, 6) is -1.08. The van der Waals surface area contributed by atoms with E-state index in [9.17, 15) is 47.9 Å². The molecule has 0 radical (unpaired) electrons. The Morgan fingerprint density at radius 2 is 0.539 bits per heavy atom. The number of aromatic nitrogens is 15. The molecule has 18 aromatic rings. The molecule has 37 heteroatoms. The highest BCUT2D eigenvalue weighted by Crippen LogP contribution is 2.26. The van der Waals surface area contributed by atoms with E-state index in [0.717, 1.165) is 33.2 Å². The molecule has 0 aliphatic heterocycles. The number of benzene rings is 13. The summed E-state index contributed by atoms with van der Waals surface area (Å²) in [5.41, 5.74) is 8.89. The maximum atomic E-state index is 12.7. The third kappa shape index (κ3) is 28.8. The molecule has 18 rings (SSSR count). The number of hydrogen-bond acceptors (Lipinski definition) is 20. The van der Waals surface area contributed by atoms with Crippen molar-refractivity contribution in [1.29, 1.82) is 0 Å². The molecule has 0 unspecified atom stereocenters. The first kappa shape index (κ1) is 99.4. The lowest BCUT2D eigenvalue weighted by Gasteiger charge is -2.07. The Kier molecular flexibility index (Phi) is 34.7. The van der Waals surface area contributed by atoms with Crippen molar-refractivity contribution < 1.29 is 49.4 Å². The smallest absolute Gasteiger partial charge is 0.258 e. The molecule has 5 aromatic heterocycles. The van der Waals surface area contributed by atoms with Crippen molar-refractivity contribution in [2.75, 3.05) is 47.9 Å². The standard InChI is InChI=1S/C25H20N4O2.C23H19N5O2.C22H15I2N5O2.C22H16IN5O2.C12H13N5O2.H2/c30-22(20-12-6-2-7-13-20)18-23-26-25(29(28-23)21-14-8-3-9-15-21)27-24(31)17-16-19-10-4-1-5-11-19;1-16-10-8-9-15-19(16)21(30)24-22-26-23(25-20(29)17-11-4-2-5-12-17)28(27-22)18-13-6-3-7-14-18;23-16-10-6-14(7-11-16)19(30)25-21-27-22(29(28-21)18-4-2-1-3-5-18)26-20(31)15-8-12-17(24)13-9-15;23-17-11-13-18(14-12-17)28-22(25-20(30)16-9-5-2-6-10-16)26-21(27-28)24-19(29)15-7-3-1-4-8-15;1-8(18)13-11-15-12(14-9(2)19)17(16-11)10-6-4-3-5-7-10;/h1-17H,18H2,(H,26,27,28,31);2-15H,1H3,(H2,24,25,26,27,29,30);1-13H,(H2,25,26,27,28,30,31);1-14H,(H2,24,25,26,27,29,30);3-7H,1-2H3,(H2,13,14,15,16,18,19);1H/b17-16+;;;;;/i;;;;;1+1. The fraction of sp³-hybridized carbons (Fsp3) is 0.0385. The van der Waals surface area contributed by atoms with Gasteiger partial charge in [-0.3, -0.25) is 95.8 Å². The van der Waals surface area contributed by atoms with Gasteiger partial charge in [0.25, 0.3) is 65.1 Å². The number of ketones is 1. The van der Waals surface area contributed by atoms with Crippen LogP contribution in [-0.4, -0.2) is 133 Å². The van der Waals surface area contributed by atoms with E-state index in [1.165, 1.54) is 43.3 Å². The number of anilines is 9. The zero-order valence-electron chi connectivity index (χ0n) is 75.0. The van der Waals surface area contributed by atoms with E-state index in [1.54, 1.807) is 127 Å². The van der Waals surface area contributed by atoms with Crippen molar-refractivity contribution >= 4 is 186 Å². The number of Topliss-reactive ketones (excluding diaryl/α,β-unsaturated/α-hetero) is 1. The highest BCUT2D eigenvalue weighted by Gasteiger charge is 2.25. The Morgan fingerprint density at radius 1 is 0.270 bits per heavy atom. The minimum absolute atomic E-state index is 0. The van der Waals surface area contributed by atoms with Crippen molar-refractivity contribution in [3.05, 3.63) is 443 Å². The number of hydrogen-bond donors (Lipinski definition) is 9. The number of nitrogens with zero attached hydrogens (tertiary/aromatic N) is 15. The normalized spacial score (nSPS) is 10.5. The van der Waals surface area contributed by atoms with Gasteiger partial charge in [-0.1, -0.05) is 206 Å². The Balaban J connectivity index is 0.000000150. The maximum absolute atomic E-state index is 12.7. The van der Waals surface area contributed by atoms with Crippen LogP contribution in [0.3, 0.4) is 0 Å². The molecule has 0 spiro atoms. The molecule has 141 heavy (non-hydrogen) atoms. The van der Waals surface area contributed by atoms with Gasteiger partial charge in [0.15, 0.2) is 11.6 Å². The predicted molar refractivity (Wildman–Crippen MR) is 565 cm³/mol. The number of aryl methyl sites for hydroxylation is 1. The first-order valence-corrected chi connectivity index (χ1v) is 46.3. The number of halogens is 3. The summed E-state index contributed by atoms with van der Waals surface area (Å²) in [4.78, 5) is 144. The second-order valence-corrected chi connectivity index (χ2v) is 33.7. The van der Waals surface area contributed by atoms with Gasteiger partial charge in [0.05, 0.1) is 34.9 Å². The molecular formula is C104H85I3N24O10. The summed E-state index contributed by atoms with van der Waals surface area (Å²) in [7, 11) is 0. The Hall–Kier alpha value is -17.6. The van der Waals surface area contributed by atoms with E-state index in [4.69, 9.17) is 0 Å². The molecular weight excluding hydrogens is 2130 g/mol. The van der Waals surface area contributed by atoms with Crippen LogP contribution in [0.5, 0.6) is 0 Å². The number of para-hydroxylation sites is 4. The second-order valence-electron chi connectivity index (χ2n) is 30.0. The molecule has 0 atom stereocenters. The van der Waals surface area contributed by atoms with Crippen LogP contribution < -0.4 is 47.9 Å². The average Bonchev–Trinajstić information content (AvgIpc) is 1.65. The van der Waals surface area contributed by atoms with E-state index < -0.39 is 0 Å². The molecule has 0 bridgehead atoms. The molecule has 9 amide bonds. The zero-order chi connectivity index (χ0) is 98.9. The summed E-state index contributed by atoms with van der Waals surface area (Å²) < 4.78 is 10.5. The van der Waals surface area contributed by atoms with Gasteiger partial charge in [0.2, 0.25) is 41.6 Å². The molecule has 0 fully saturated rings. The van der Waals surface area contributed by atoms with Crippen molar-refractivity contribution in [2.45, 2.75) is 27.2 Å². The van der Waals surface area contributed by atoms with E-state index in [-0.39, 0.29) is 120 Å². The van der Waals surface area contributed by atoms with Crippen LogP contribution in [0.4, 0.5) is 53.5 Å². The van der Waals surface area contributed by atoms with Gasteiger partial charge >= 0.3 is 0 Å². The number of nitrogens with one attached hydrogen (secondary N) is 9. The quantitative estimate of drug-likeness (QED) is 0.0146. The lowest BCUT2D eigenvalue weighted by molar-refractivity contribution is -0.115. The van der Waals surface area contributed by atoms with Gasteiger partial charge in [0, 0.05) is 71.0 Å². The van der Waals surface area contributed by atoms with Crippen molar-refractivity contribution in [3.8, 4) is 28.4 Å². The number of carbonyl (C=O) groups is 10. The summed E-state index contributed by atoms with van der Waals surface area (Å²) in [5, 5.41) is 45.9. The fourth-order valence-corrected chi connectivity index (χ4v) is 14.0. The third-order valence-electron chi connectivity index (χ3n) is 19.7. The lowest BCUT2D eigenvalue weighted by Crippen LogP contribution is -2.16. The topological polar surface area (TPSA) is 433 Å². The summed E-state index contributed by atoms with van der Waals surface area (Å²) in [6.07, 6.45) is 3.19. The van der Waals surface area contributed by atoms with Crippen molar-refractivity contribution in [1.82, 2.24) is 73.8 Å². The summed E-state index contributed by atoms with van der Waals surface area (Å²) >= 11 is 6.56. The predicted octanol–water partition coefficient (Wildman–Crippen LogP) is 19.2. The molecule has 9 N–H and O–H groups in total. The van der Waals surface area contributed by atoms with Crippen molar-refractivity contribution in [2.24, 2.45) is 0 Å². The number of rotatable bonds is 25. The SMILES string of the molecule is CC(=O)Nc1nc(NC(C)=O)n(-c2ccccc2)n1.Cc1ccccc1C(=O)Nc1nc(NC(=O)c2ccccc2)n(-c2ccccc2)n1.O=C(/C=C/c1ccccc1)Nc1nc(CC(=O)c2ccccc2)nn1-c1ccccc1.O=C(Nc1nc(NC(=O)c2ccc(I)cc2)n(-c2ccccc2)n1)c1ccc(I)cc1.O=C(Nc1nc(NC(=O)c2ccccc2)n(-c2ccc(I)cc2)n1)c1ccccc1.[2HH]. The largest absolute Gasteiger partial charge is 0.295 e. The number of amides is 9. The van der Waals surface area contributed by atoms with Crippen LogP contribution >= 0.6 is 67.8 Å². The van der Waals surface area contributed by atoms with Gasteiger partial charge in [-0.05, 0) is 256 Å². The van der Waals surface area contributed by atoms with Crippen LogP contribution in [0.2, 0.25) is 0 Å². The van der Waals surface area contributed by atoms with Crippen LogP contribution in [0.15, 0.2) is 376 Å².